The van der Waals surface area contributed by atoms with Gasteiger partial charge in [0.1, 0.15) is 0 Å². The molecule has 18 heavy (non-hydrogen) atoms. The highest BCUT2D eigenvalue weighted by atomic mass is 16.5. The van der Waals surface area contributed by atoms with Crippen LogP contribution in [0.2, 0.25) is 0 Å². The molecule has 2 rings (SSSR count). The number of carbonyl (C=O) groups is 1. The average Bonchev–Trinajstić information content (AvgIpc) is 2.40. The van der Waals surface area contributed by atoms with E-state index in [0.29, 0.717) is 30.9 Å². The number of carbonyl (C=O) groups excluding carboxylic acids is 1. The van der Waals surface area contributed by atoms with Crippen molar-refractivity contribution in [2.75, 3.05) is 25.1 Å². The maximum Gasteiger partial charge on any atom is 0.226 e. The van der Waals surface area contributed by atoms with Crippen LogP contribution in [0.3, 0.4) is 0 Å². The van der Waals surface area contributed by atoms with Gasteiger partial charge in [-0.2, -0.15) is 5.26 Å². The van der Waals surface area contributed by atoms with Crippen LogP contribution >= 0.6 is 0 Å². The fraction of sp³-hybridized carbons (Fsp3) is 0.385. The SMILES string of the molecule is N#Cc1cccc(NC(=O)CC2COCCN2)c1. The smallest absolute Gasteiger partial charge is 0.226 e. The molecule has 1 amide bonds. The van der Waals surface area contributed by atoms with E-state index in [9.17, 15) is 4.79 Å². The molecule has 5 heteroatoms. The van der Waals surface area contributed by atoms with Gasteiger partial charge in [0.15, 0.2) is 0 Å². The number of benzene rings is 1. The van der Waals surface area contributed by atoms with Gasteiger partial charge in [-0.05, 0) is 18.2 Å². The summed E-state index contributed by atoms with van der Waals surface area (Å²) >= 11 is 0. The molecule has 0 aromatic heterocycles. The summed E-state index contributed by atoms with van der Waals surface area (Å²) in [5.41, 5.74) is 1.18. The predicted molar refractivity (Wildman–Crippen MR) is 67.0 cm³/mol. The first-order chi connectivity index (χ1) is 8.78. The van der Waals surface area contributed by atoms with Gasteiger partial charge in [-0.25, -0.2) is 0 Å². The Balaban J connectivity index is 1.88. The van der Waals surface area contributed by atoms with Crippen molar-refractivity contribution in [1.82, 2.24) is 5.32 Å². The number of nitrogens with zero attached hydrogens (tertiary/aromatic N) is 1. The number of ether oxygens (including phenoxy) is 1. The maximum absolute atomic E-state index is 11.8. The molecule has 0 saturated carbocycles. The highest BCUT2D eigenvalue weighted by molar-refractivity contribution is 5.91. The minimum absolute atomic E-state index is 0.0675. The third kappa shape index (κ3) is 3.55. The van der Waals surface area contributed by atoms with Gasteiger partial charge in [0.2, 0.25) is 5.91 Å². The number of rotatable bonds is 3. The van der Waals surface area contributed by atoms with Crippen LogP contribution in [0.1, 0.15) is 12.0 Å². The average molecular weight is 245 g/mol. The van der Waals surface area contributed by atoms with Crippen LogP contribution < -0.4 is 10.6 Å². The van der Waals surface area contributed by atoms with Crippen molar-refractivity contribution < 1.29 is 9.53 Å². The zero-order chi connectivity index (χ0) is 12.8. The molecule has 2 N–H and O–H groups in total. The van der Waals surface area contributed by atoms with E-state index in [0.717, 1.165) is 6.54 Å². The highest BCUT2D eigenvalue weighted by Gasteiger charge is 2.16. The van der Waals surface area contributed by atoms with E-state index in [2.05, 4.69) is 10.6 Å². The first-order valence-corrected chi connectivity index (χ1v) is 5.89. The monoisotopic (exact) mass is 245 g/mol. The molecule has 1 heterocycles. The quantitative estimate of drug-likeness (QED) is 0.829. The zero-order valence-corrected chi connectivity index (χ0v) is 9.98. The summed E-state index contributed by atoms with van der Waals surface area (Å²) in [6.45, 7) is 2.04. The molecule has 1 unspecified atom stereocenters. The van der Waals surface area contributed by atoms with Crippen LogP contribution in [0.15, 0.2) is 24.3 Å². The molecule has 5 nitrogen and oxygen atoms in total. The van der Waals surface area contributed by atoms with E-state index in [1.165, 1.54) is 0 Å². The fourth-order valence-corrected chi connectivity index (χ4v) is 1.85. The molecule has 1 fully saturated rings. The van der Waals surface area contributed by atoms with Crippen molar-refractivity contribution in [2.45, 2.75) is 12.5 Å². The van der Waals surface area contributed by atoms with Gasteiger partial charge in [-0.1, -0.05) is 6.07 Å². The van der Waals surface area contributed by atoms with Crippen molar-refractivity contribution in [3.63, 3.8) is 0 Å². The third-order valence-electron chi connectivity index (χ3n) is 2.71. The van der Waals surface area contributed by atoms with Crippen molar-refractivity contribution in [2.24, 2.45) is 0 Å². The van der Waals surface area contributed by atoms with E-state index in [4.69, 9.17) is 10.00 Å². The van der Waals surface area contributed by atoms with E-state index in [1.54, 1.807) is 24.3 Å². The molecular weight excluding hydrogens is 230 g/mol. The molecule has 1 aromatic carbocycles. The minimum atomic E-state index is -0.0758. The summed E-state index contributed by atoms with van der Waals surface area (Å²) in [6.07, 6.45) is 0.372. The Labute approximate surface area is 106 Å². The lowest BCUT2D eigenvalue weighted by atomic mass is 10.1. The van der Waals surface area contributed by atoms with Crippen LogP contribution in [-0.4, -0.2) is 31.7 Å². The molecule has 0 bridgehead atoms. The van der Waals surface area contributed by atoms with Crippen LogP contribution in [0.4, 0.5) is 5.69 Å². The van der Waals surface area contributed by atoms with Crippen molar-refractivity contribution >= 4 is 11.6 Å². The third-order valence-corrected chi connectivity index (χ3v) is 2.71. The van der Waals surface area contributed by atoms with E-state index in [1.807, 2.05) is 6.07 Å². The second-order valence-corrected chi connectivity index (χ2v) is 4.17. The second-order valence-electron chi connectivity index (χ2n) is 4.17. The largest absolute Gasteiger partial charge is 0.378 e. The van der Waals surface area contributed by atoms with Gasteiger partial charge >= 0.3 is 0 Å². The first-order valence-electron chi connectivity index (χ1n) is 5.89. The molecule has 1 saturated heterocycles. The van der Waals surface area contributed by atoms with E-state index in [-0.39, 0.29) is 11.9 Å². The predicted octanol–water partition coefficient (Wildman–Crippen LogP) is 0.875. The summed E-state index contributed by atoms with van der Waals surface area (Å²) in [4.78, 5) is 11.8. The molecule has 0 spiro atoms. The molecule has 1 aromatic rings. The summed E-state index contributed by atoms with van der Waals surface area (Å²) in [5.74, 6) is -0.0758. The van der Waals surface area contributed by atoms with Gasteiger partial charge in [-0.3, -0.25) is 4.79 Å². The van der Waals surface area contributed by atoms with Gasteiger partial charge in [0.25, 0.3) is 0 Å². The van der Waals surface area contributed by atoms with Gasteiger partial charge in [0, 0.05) is 24.7 Å². The van der Waals surface area contributed by atoms with Gasteiger partial charge in [-0.15, -0.1) is 0 Å². The summed E-state index contributed by atoms with van der Waals surface area (Å²) in [7, 11) is 0. The molecule has 0 aliphatic carbocycles. The number of morpholine rings is 1. The molecular formula is C13H15N3O2. The Morgan fingerprint density at radius 1 is 1.61 bits per heavy atom. The molecule has 0 radical (unpaired) electrons. The summed E-state index contributed by atoms with van der Waals surface area (Å²) in [5, 5.41) is 14.8. The number of nitriles is 1. The van der Waals surface area contributed by atoms with Crippen molar-refractivity contribution in [1.29, 1.82) is 5.26 Å². The van der Waals surface area contributed by atoms with E-state index >= 15 is 0 Å². The van der Waals surface area contributed by atoms with Crippen molar-refractivity contribution in [3.05, 3.63) is 29.8 Å². The van der Waals surface area contributed by atoms with Gasteiger partial charge in [0.05, 0.1) is 24.8 Å². The molecule has 1 aliphatic heterocycles. The lowest BCUT2D eigenvalue weighted by Crippen LogP contribution is -2.43. The standard InChI is InChI=1S/C13H15N3O2/c14-8-10-2-1-3-11(6-10)16-13(17)7-12-9-18-5-4-15-12/h1-3,6,12,15H,4-5,7,9H2,(H,16,17). The Kier molecular flexibility index (Phi) is 4.29. The van der Waals surface area contributed by atoms with Crippen molar-refractivity contribution in [3.8, 4) is 6.07 Å². The maximum atomic E-state index is 11.8. The Hall–Kier alpha value is -1.90. The highest BCUT2D eigenvalue weighted by Crippen LogP contribution is 2.10. The number of nitrogens with one attached hydrogen (secondary N) is 2. The summed E-state index contributed by atoms with van der Waals surface area (Å²) < 4.78 is 5.28. The first kappa shape index (κ1) is 12.6. The van der Waals surface area contributed by atoms with E-state index < -0.39 is 0 Å². The number of anilines is 1. The summed E-state index contributed by atoms with van der Waals surface area (Å²) in [6, 6.07) is 8.98. The van der Waals surface area contributed by atoms with Crippen LogP contribution in [0.5, 0.6) is 0 Å². The second kappa shape index (κ2) is 6.15. The Morgan fingerprint density at radius 2 is 2.50 bits per heavy atom. The van der Waals surface area contributed by atoms with Crippen LogP contribution in [0.25, 0.3) is 0 Å². The minimum Gasteiger partial charge on any atom is -0.378 e. The van der Waals surface area contributed by atoms with Crippen LogP contribution in [0, 0.1) is 11.3 Å². The normalized spacial score (nSPS) is 18.9. The van der Waals surface area contributed by atoms with Crippen LogP contribution in [-0.2, 0) is 9.53 Å². The topological polar surface area (TPSA) is 74.2 Å². The number of hydrogen-bond acceptors (Lipinski definition) is 4. The Morgan fingerprint density at radius 3 is 3.22 bits per heavy atom. The molecule has 94 valence electrons. The van der Waals surface area contributed by atoms with Gasteiger partial charge < -0.3 is 15.4 Å². The number of hydrogen-bond donors (Lipinski definition) is 2. The fourth-order valence-electron chi connectivity index (χ4n) is 1.85. The molecule has 1 aliphatic rings. The molecule has 1 atom stereocenters. The lowest BCUT2D eigenvalue weighted by Gasteiger charge is -2.23. The Bertz CT molecular complexity index is 462. The number of amides is 1. The lowest BCUT2D eigenvalue weighted by molar-refractivity contribution is -0.117. The zero-order valence-electron chi connectivity index (χ0n) is 9.98.